The molecule has 0 bridgehead atoms. The maximum atomic E-state index is 11.2. The number of rotatable bonds is 2. The van der Waals surface area contributed by atoms with E-state index in [0.29, 0.717) is 17.5 Å². The zero-order valence-corrected chi connectivity index (χ0v) is 11.4. The first-order valence-electron chi connectivity index (χ1n) is 6.02. The van der Waals surface area contributed by atoms with Gasteiger partial charge in [-0.15, -0.1) is 0 Å². The van der Waals surface area contributed by atoms with Gasteiger partial charge in [0.1, 0.15) is 11.5 Å². The fourth-order valence-electron chi connectivity index (χ4n) is 2.08. The standard InChI is InChI=1S/C15H10ClN3O/c1-9-2-3-10-6-11(4-5-13(10)19-9)14-12(7-20)15(16)18-8-17-14/h2-8H,1H3. The highest BCUT2D eigenvalue weighted by Crippen LogP contribution is 2.26. The molecule has 0 saturated heterocycles. The van der Waals surface area contributed by atoms with Gasteiger partial charge in [-0.2, -0.15) is 0 Å². The Morgan fingerprint density at radius 1 is 1.15 bits per heavy atom. The molecule has 0 radical (unpaired) electrons. The zero-order chi connectivity index (χ0) is 14.1. The minimum atomic E-state index is 0.159. The molecule has 0 unspecified atom stereocenters. The van der Waals surface area contributed by atoms with Crippen molar-refractivity contribution in [2.24, 2.45) is 0 Å². The van der Waals surface area contributed by atoms with Crippen LogP contribution in [0.2, 0.25) is 5.15 Å². The van der Waals surface area contributed by atoms with Gasteiger partial charge in [0, 0.05) is 16.6 Å². The molecule has 2 aromatic heterocycles. The van der Waals surface area contributed by atoms with Crippen LogP contribution in [0, 0.1) is 6.92 Å². The van der Waals surface area contributed by atoms with Crippen molar-refractivity contribution in [3.8, 4) is 11.3 Å². The number of carbonyl (C=O) groups excluding carboxylic acids is 1. The van der Waals surface area contributed by atoms with E-state index in [1.54, 1.807) is 0 Å². The summed E-state index contributed by atoms with van der Waals surface area (Å²) < 4.78 is 0. The molecule has 0 fully saturated rings. The number of aldehydes is 1. The van der Waals surface area contributed by atoms with Crippen molar-refractivity contribution in [3.05, 3.63) is 53.1 Å². The van der Waals surface area contributed by atoms with Crippen LogP contribution < -0.4 is 0 Å². The van der Waals surface area contributed by atoms with Crippen molar-refractivity contribution in [2.45, 2.75) is 6.92 Å². The van der Waals surface area contributed by atoms with E-state index in [1.165, 1.54) is 6.33 Å². The Kier molecular flexibility index (Phi) is 3.16. The lowest BCUT2D eigenvalue weighted by Gasteiger charge is -2.06. The quantitative estimate of drug-likeness (QED) is 0.534. The van der Waals surface area contributed by atoms with Gasteiger partial charge in [0.15, 0.2) is 6.29 Å². The summed E-state index contributed by atoms with van der Waals surface area (Å²) in [5, 5.41) is 1.15. The number of benzene rings is 1. The molecule has 3 rings (SSSR count). The van der Waals surface area contributed by atoms with Crippen LogP contribution in [0.1, 0.15) is 16.1 Å². The lowest BCUT2D eigenvalue weighted by Crippen LogP contribution is -1.95. The lowest BCUT2D eigenvalue weighted by atomic mass is 10.0. The fraction of sp³-hybridized carbons (Fsp3) is 0.0667. The average molecular weight is 284 g/mol. The number of aromatic nitrogens is 3. The topological polar surface area (TPSA) is 55.7 Å². The van der Waals surface area contributed by atoms with Crippen molar-refractivity contribution < 1.29 is 4.79 Å². The van der Waals surface area contributed by atoms with Crippen molar-refractivity contribution in [1.29, 1.82) is 0 Å². The second-order valence-corrected chi connectivity index (χ2v) is 4.76. The van der Waals surface area contributed by atoms with Gasteiger partial charge in [0.2, 0.25) is 0 Å². The van der Waals surface area contributed by atoms with Crippen LogP contribution in [0.25, 0.3) is 22.2 Å². The third-order valence-electron chi connectivity index (χ3n) is 3.06. The van der Waals surface area contributed by atoms with Crippen molar-refractivity contribution in [3.63, 3.8) is 0 Å². The number of halogens is 1. The predicted molar refractivity (Wildman–Crippen MR) is 77.9 cm³/mol. The molecule has 4 nitrogen and oxygen atoms in total. The van der Waals surface area contributed by atoms with Gasteiger partial charge in [-0.25, -0.2) is 9.97 Å². The fourth-order valence-corrected chi connectivity index (χ4v) is 2.26. The van der Waals surface area contributed by atoms with E-state index in [9.17, 15) is 4.79 Å². The largest absolute Gasteiger partial charge is 0.298 e. The molecule has 5 heteroatoms. The minimum absolute atomic E-state index is 0.159. The number of hydrogen-bond donors (Lipinski definition) is 0. The summed E-state index contributed by atoms with van der Waals surface area (Å²) in [7, 11) is 0. The van der Waals surface area contributed by atoms with E-state index < -0.39 is 0 Å². The smallest absolute Gasteiger partial charge is 0.155 e. The van der Waals surface area contributed by atoms with Crippen LogP contribution in [0.3, 0.4) is 0 Å². The van der Waals surface area contributed by atoms with Gasteiger partial charge < -0.3 is 0 Å². The molecule has 3 aromatic rings. The number of hydrogen-bond acceptors (Lipinski definition) is 4. The van der Waals surface area contributed by atoms with Gasteiger partial charge >= 0.3 is 0 Å². The Bertz CT molecular complexity index is 817. The van der Waals surface area contributed by atoms with Gasteiger partial charge in [-0.3, -0.25) is 9.78 Å². The van der Waals surface area contributed by atoms with Gasteiger partial charge in [0.25, 0.3) is 0 Å². The van der Waals surface area contributed by atoms with E-state index in [0.717, 1.165) is 22.2 Å². The maximum absolute atomic E-state index is 11.2. The molecule has 0 amide bonds. The molecular weight excluding hydrogens is 274 g/mol. The molecule has 0 aliphatic carbocycles. The van der Waals surface area contributed by atoms with Crippen LogP contribution in [0.4, 0.5) is 0 Å². The molecular formula is C15H10ClN3O. The molecule has 20 heavy (non-hydrogen) atoms. The third kappa shape index (κ3) is 2.14. The third-order valence-corrected chi connectivity index (χ3v) is 3.36. The zero-order valence-electron chi connectivity index (χ0n) is 10.7. The summed E-state index contributed by atoms with van der Waals surface area (Å²) in [5.41, 5.74) is 3.51. The first-order chi connectivity index (χ1) is 9.69. The van der Waals surface area contributed by atoms with E-state index in [2.05, 4.69) is 15.0 Å². The molecule has 0 spiro atoms. The molecule has 0 atom stereocenters. The SMILES string of the molecule is Cc1ccc2cc(-c3ncnc(Cl)c3C=O)ccc2n1. The summed E-state index contributed by atoms with van der Waals surface area (Å²) in [6.45, 7) is 1.95. The highest BCUT2D eigenvalue weighted by molar-refractivity contribution is 6.32. The van der Waals surface area contributed by atoms with E-state index in [4.69, 9.17) is 11.6 Å². The molecule has 0 aliphatic heterocycles. The summed E-state index contributed by atoms with van der Waals surface area (Å²) in [6, 6.07) is 9.65. The Hall–Kier alpha value is -2.33. The van der Waals surface area contributed by atoms with Gasteiger partial charge in [-0.1, -0.05) is 23.7 Å². The first-order valence-corrected chi connectivity index (χ1v) is 6.40. The Balaban J connectivity index is 2.22. The summed E-state index contributed by atoms with van der Waals surface area (Å²) in [5.74, 6) is 0. The van der Waals surface area contributed by atoms with Crippen molar-refractivity contribution in [1.82, 2.24) is 15.0 Å². The first kappa shape index (κ1) is 12.7. The van der Waals surface area contributed by atoms with Gasteiger partial charge in [0.05, 0.1) is 16.8 Å². The highest BCUT2D eigenvalue weighted by atomic mass is 35.5. The number of carbonyl (C=O) groups is 1. The van der Waals surface area contributed by atoms with Crippen LogP contribution in [-0.2, 0) is 0 Å². The summed E-state index contributed by atoms with van der Waals surface area (Å²) in [6.07, 6.45) is 2.03. The molecule has 0 N–H and O–H groups in total. The van der Waals surface area contributed by atoms with Crippen LogP contribution in [0.5, 0.6) is 0 Å². The average Bonchev–Trinajstić information content (AvgIpc) is 2.46. The summed E-state index contributed by atoms with van der Waals surface area (Å²) >= 11 is 5.92. The maximum Gasteiger partial charge on any atom is 0.155 e. The molecule has 2 heterocycles. The second kappa shape index (κ2) is 4.98. The predicted octanol–water partition coefficient (Wildman–Crippen LogP) is 3.47. The molecule has 0 saturated carbocycles. The number of aryl methyl sites for hydroxylation is 1. The Morgan fingerprint density at radius 3 is 2.80 bits per heavy atom. The van der Waals surface area contributed by atoms with Crippen LogP contribution >= 0.6 is 11.6 Å². The number of fused-ring (bicyclic) bond motifs is 1. The van der Waals surface area contributed by atoms with E-state index in [1.807, 2.05) is 37.3 Å². The lowest BCUT2D eigenvalue weighted by molar-refractivity contribution is 0.112. The van der Waals surface area contributed by atoms with Crippen molar-refractivity contribution >= 4 is 28.8 Å². The van der Waals surface area contributed by atoms with Gasteiger partial charge in [-0.05, 0) is 25.1 Å². The normalized spacial score (nSPS) is 10.7. The summed E-state index contributed by atoms with van der Waals surface area (Å²) in [4.78, 5) is 23.6. The highest BCUT2D eigenvalue weighted by Gasteiger charge is 2.11. The molecule has 1 aromatic carbocycles. The number of pyridine rings is 1. The Morgan fingerprint density at radius 2 is 2.00 bits per heavy atom. The minimum Gasteiger partial charge on any atom is -0.298 e. The van der Waals surface area contributed by atoms with Crippen molar-refractivity contribution in [2.75, 3.05) is 0 Å². The van der Waals surface area contributed by atoms with Crippen LogP contribution in [0.15, 0.2) is 36.7 Å². The monoisotopic (exact) mass is 283 g/mol. The van der Waals surface area contributed by atoms with E-state index >= 15 is 0 Å². The molecule has 0 aliphatic rings. The number of nitrogens with zero attached hydrogens (tertiary/aromatic N) is 3. The van der Waals surface area contributed by atoms with E-state index in [-0.39, 0.29) is 5.15 Å². The van der Waals surface area contributed by atoms with Crippen LogP contribution in [-0.4, -0.2) is 21.2 Å². The Labute approximate surface area is 120 Å². The molecule has 98 valence electrons. The second-order valence-electron chi connectivity index (χ2n) is 4.40.